The van der Waals surface area contributed by atoms with Gasteiger partial charge < -0.3 is 15.4 Å². The number of anilines is 2. The minimum absolute atomic E-state index is 0.0637. The largest absolute Gasteiger partial charge is 0.491 e. The summed E-state index contributed by atoms with van der Waals surface area (Å²) in [5, 5.41) is 8.87. The van der Waals surface area contributed by atoms with Crippen LogP contribution >= 0.6 is 0 Å². The SMILES string of the molecule is CC1CCOc2cccc3cnc(nc23)Nc2ccc3ccnc(c3c2)C(=O)N1. The van der Waals surface area contributed by atoms with Crippen LogP contribution in [0.4, 0.5) is 11.6 Å². The number of benzene rings is 2. The first-order chi connectivity index (χ1) is 14.2. The zero-order chi connectivity index (χ0) is 19.8. The quantitative estimate of drug-likeness (QED) is 0.478. The van der Waals surface area contributed by atoms with E-state index in [0.29, 0.717) is 30.4 Å². The molecule has 0 fully saturated rings. The lowest BCUT2D eigenvalue weighted by molar-refractivity contribution is 0.0932. The molecule has 0 radical (unpaired) electrons. The predicted molar refractivity (Wildman–Crippen MR) is 112 cm³/mol. The zero-order valence-electron chi connectivity index (χ0n) is 15.8. The number of aromatic nitrogens is 3. The molecular weight excluding hydrogens is 366 g/mol. The van der Waals surface area contributed by atoms with E-state index in [-0.39, 0.29) is 11.9 Å². The van der Waals surface area contributed by atoms with Crippen molar-refractivity contribution in [2.75, 3.05) is 11.9 Å². The number of amides is 1. The molecule has 3 heterocycles. The maximum atomic E-state index is 12.8. The van der Waals surface area contributed by atoms with Gasteiger partial charge in [-0.15, -0.1) is 0 Å². The minimum Gasteiger partial charge on any atom is -0.491 e. The third kappa shape index (κ3) is 3.31. The molecule has 1 aliphatic heterocycles. The Morgan fingerprint density at radius 1 is 1.10 bits per heavy atom. The monoisotopic (exact) mass is 385 g/mol. The Morgan fingerprint density at radius 2 is 2.03 bits per heavy atom. The number of pyridine rings is 1. The number of carbonyl (C=O) groups is 1. The standard InChI is InChI=1S/C22H19N5O2/c1-13-8-10-29-18-4-2-3-15-12-24-22(27-19(15)18)26-16-6-5-14-7-9-23-20(17(14)11-16)21(28)25-13/h2-7,9,11-13H,8,10H2,1H3,(H,25,28)(H,24,26,27). The average molecular weight is 385 g/mol. The minimum atomic E-state index is -0.200. The van der Waals surface area contributed by atoms with Crippen molar-refractivity contribution in [2.45, 2.75) is 19.4 Å². The van der Waals surface area contributed by atoms with Crippen molar-refractivity contribution in [1.82, 2.24) is 20.3 Å². The molecule has 2 aromatic carbocycles. The number of ether oxygens (including phenoxy) is 1. The van der Waals surface area contributed by atoms with E-state index in [2.05, 4.69) is 25.6 Å². The highest BCUT2D eigenvalue weighted by molar-refractivity contribution is 6.06. The fraction of sp³-hybridized carbons (Fsp3) is 0.182. The van der Waals surface area contributed by atoms with Crippen LogP contribution in [0.1, 0.15) is 23.8 Å². The Balaban J connectivity index is 1.67. The van der Waals surface area contributed by atoms with Crippen LogP contribution in [0.5, 0.6) is 5.75 Å². The molecule has 0 saturated carbocycles. The van der Waals surface area contributed by atoms with Gasteiger partial charge in [-0.25, -0.2) is 9.97 Å². The van der Waals surface area contributed by atoms with E-state index >= 15 is 0 Å². The van der Waals surface area contributed by atoms with E-state index in [0.717, 1.165) is 27.4 Å². The van der Waals surface area contributed by atoms with Gasteiger partial charge in [-0.3, -0.25) is 9.78 Å². The molecule has 1 atom stereocenters. The summed E-state index contributed by atoms with van der Waals surface area (Å²) in [7, 11) is 0. The highest BCUT2D eigenvalue weighted by Crippen LogP contribution is 2.27. The topological polar surface area (TPSA) is 89.0 Å². The Kier molecular flexibility index (Phi) is 4.20. The van der Waals surface area contributed by atoms with Gasteiger partial charge >= 0.3 is 0 Å². The van der Waals surface area contributed by atoms with Crippen LogP contribution in [0.25, 0.3) is 21.7 Å². The van der Waals surface area contributed by atoms with E-state index in [1.807, 2.05) is 49.4 Å². The van der Waals surface area contributed by atoms with E-state index < -0.39 is 0 Å². The molecule has 5 rings (SSSR count). The summed E-state index contributed by atoms with van der Waals surface area (Å²) in [6.07, 6.45) is 4.09. The van der Waals surface area contributed by atoms with Crippen molar-refractivity contribution in [2.24, 2.45) is 0 Å². The molecule has 7 heteroatoms. The Morgan fingerprint density at radius 3 is 2.97 bits per heavy atom. The fourth-order valence-electron chi connectivity index (χ4n) is 3.47. The number of hydrogen-bond acceptors (Lipinski definition) is 6. The van der Waals surface area contributed by atoms with Crippen molar-refractivity contribution in [3.8, 4) is 5.75 Å². The molecular formula is C22H19N5O2. The number of fused-ring (bicyclic) bond motifs is 2. The van der Waals surface area contributed by atoms with E-state index in [4.69, 9.17) is 4.74 Å². The molecule has 1 amide bonds. The summed E-state index contributed by atoms with van der Waals surface area (Å²) in [5.41, 5.74) is 1.92. The predicted octanol–water partition coefficient (Wildman–Crippen LogP) is 3.82. The van der Waals surface area contributed by atoms with Gasteiger partial charge in [0.05, 0.1) is 6.61 Å². The summed E-state index contributed by atoms with van der Waals surface area (Å²) < 4.78 is 5.97. The molecule has 144 valence electrons. The summed E-state index contributed by atoms with van der Waals surface area (Å²) in [5.74, 6) is 0.960. The summed E-state index contributed by atoms with van der Waals surface area (Å²) in [6.45, 7) is 2.42. The summed E-state index contributed by atoms with van der Waals surface area (Å²) >= 11 is 0. The molecule has 29 heavy (non-hydrogen) atoms. The number of rotatable bonds is 0. The van der Waals surface area contributed by atoms with Crippen LogP contribution in [0, 0.1) is 0 Å². The van der Waals surface area contributed by atoms with Gasteiger partial charge in [-0.1, -0.05) is 18.2 Å². The fourth-order valence-corrected chi connectivity index (χ4v) is 3.47. The molecule has 0 spiro atoms. The first kappa shape index (κ1) is 17.4. The smallest absolute Gasteiger partial charge is 0.270 e. The van der Waals surface area contributed by atoms with Gasteiger partial charge in [0.25, 0.3) is 5.91 Å². The summed E-state index contributed by atoms with van der Waals surface area (Å²) in [4.78, 5) is 26.2. The van der Waals surface area contributed by atoms with E-state index in [1.54, 1.807) is 12.4 Å². The van der Waals surface area contributed by atoms with Crippen molar-refractivity contribution in [3.63, 3.8) is 0 Å². The van der Waals surface area contributed by atoms with Crippen LogP contribution in [-0.2, 0) is 0 Å². The Bertz CT molecular complexity index is 1240. The van der Waals surface area contributed by atoms with Gasteiger partial charge in [0.1, 0.15) is 17.0 Å². The van der Waals surface area contributed by atoms with Gasteiger partial charge in [0.2, 0.25) is 5.95 Å². The van der Waals surface area contributed by atoms with Gasteiger partial charge in [0, 0.05) is 41.3 Å². The van der Waals surface area contributed by atoms with Crippen molar-refractivity contribution in [1.29, 1.82) is 0 Å². The van der Waals surface area contributed by atoms with Gasteiger partial charge in [-0.2, -0.15) is 0 Å². The first-order valence-corrected chi connectivity index (χ1v) is 9.52. The van der Waals surface area contributed by atoms with E-state index in [1.165, 1.54) is 0 Å². The Hall–Kier alpha value is -3.74. The number of carbonyl (C=O) groups excluding carboxylic acids is 1. The van der Waals surface area contributed by atoms with Gasteiger partial charge in [0.15, 0.2) is 0 Å². The average Bonchev–Trinajstić information content (AvgIpc) is 2.73. The lowest BCUT2D eigenvalue weighted by Gasteiger charge is -2.15. The molecule has 4 aromatic rings. The van der Waals surface area contributed by atoms with Crippen LogP contribution in [-0.4, -0.2) is 33.5 Å². The maximum Gasteiger partial charge on any atom is 0.270 e. The highest BCUT2D eigenvalue weighted by atomic mass is 16.5. The second-order valence-corrected chi connectivity index (χ2v) is 7.12. The van der Waals surface area contributed by atoms with Crippen molar-refractivity contribution in [3.05, 3.63) is 60.6 Å². The molecule has 1 unspecified atom stereocenters. The van der Waals surface area contributed by atoms with E-state index in [9.17, 15) is 4.79 Å². The number of nitrogens with zero attached hydrogens (tertiary/aromatic N) is 3. The second kappa shape index (κ2) is 7.01. The lowest BCUT2D eigenvalue weighted by atomic mass is 10.1. The molecule has 4 bridgehead atoms. The van der Waals surface area contributed by atoms with Gasteiger partial charge in [-0.05, 0) is 36.6 Å². The van der Waals surface area contributed by atoms with Crippen molar-refractivity contribution < 1.29 is 9.53 Å². The van der Waals surface area contributed by atoms with Crippen LogP contribution in [0.15, 0.2) is 54.9 Å². The third-order valence-electron chi connectivity index (χ3n) is 5.00. The Labute approximate surface area is 167 Å². The molecule has 2 N–H and O–H groups in total. The second-order valence-electron chi connectivity index (χ2n) is 7.12. The normalized spacial score (nSPS) is 16.7. The number of nitrogens with one attached hydrogen (secondary N) is 2. The molecule has 0 saturated heterocycles. The third-order valence-corrected chi connectivity index (χ3v) is 5.00. The summed E-state index contributed by atoms with van der Waals surface area (Å²) in [6, 6.07) is 13.4. The van der Waals surface area contributed by atoms with Crippen molar-refractivity contribution >= 4 is 39.2 Å². The molecule has 7 nitrogen and oxygen atoms in total. The molecule has 1 aliphatic rings. The maximum absolute atomic E-state index is 12.8. The molecule has 2 aromatic heterocycles. The number of para-hydroxylation sites is 1. The lowest BCUT2D eigenvalue weighted by Crippen LogP contribution is -2.34. The molecule has 0 aliphatic carbocycles. The van der Waals surface area contributed by atoms with Crippen LogP contribution in [0.3, 0.4) is 0 Å². The van der Waals surface area contributed by atoms with Crippen LogP contribution < -0.4 is 15.4 Å². The highest BCUT2D eigenvalue weighted by Gasteiger charge is 2.16. The number of hydrogen-bond donors (Lipinski definition) is 2. The van der Waals surface area contributed by atoms with Crippen LogP contribution in [0.2, 0.25) is 0 Å². The first-order valence-electron chi connectivity index (χ1n) is 9.52. The zero-order valence-corrected chi connectivity index (χ0v) is 15.8.